The second-order valence-corrected chi connectivity index (χ2v) is 7.56. The van der Waals surface area contributed by atoms with Crippen LogP contribution in [-0.2, 0) is 18.8 Å². The molecule has 10 heteroatoms. The first-order valence-electron chi connectivity index (χ1n) is 8.71. The molecule has 0 bridgehead atoms. The second-order valence-electron chi connectivity index (χ2n) is 7.56. The third kappa shape index (κ3) is 3.82. The Hall–Kier alpha value is -2.06. The summed E-state index contributed by atoms with van der Waals surface area (Å²) in [4.78, 5) is 17.2. The van der Waals surface area contributed by atoms with Crippen molar-refractivity contribution in [3.8, 4) is 0 Å². The third-order valence-corrected chi connectivity index (χ3v) is 5.15. The summed E-state index contributed by atoms with van der Waals surface area (Å²) in [6, 6.07) is 4.44. The molecule has 1 atom stereocenters. The summed E-state index contributed by atoms with van der Waals surface area (Å²) in [5, 5.41) is 0. The van der Waals surface area contributed by atoms with Crippen molar-refractivity contribution in [2.45, 2.75) is 45.0 Å². The van der Waals surface area contributed by atoms with Crippen molar-refractivity contribution in [1.82, 2.24) is 0 Å². The van der Waals surface area contributed by atoms with Crippen LogP contribution in [0.2, 0.25) is 0 Å². The molecule has 0 aromatic heterocycles. The standard InChI is InChI=1S/C17H21B2FN2O5/c1-16(2)17(3,4)27-19(26-16)13-6-5-11(7-14(13)20)22-9-12(25-15(22)23)8-21-10-18-24/h5-7,10,12H,8-9H2,1-4H3/t12-/m0/s1. The maximum absolute atomic E-state index is 14.7. The number of aliphatic imine (C=N–C) groups is 1. The Morgan fingerprint density at radius 2 is 2.00 bits per heavy atom. The van der Waals surface area contributed by atoms with Crippen molar-refractivity contribution in [1.29, 1.82) is 0 Å². The average molecular weight is 374 g/mol. The van der Waals surface area contributed by atoms with Gasteiger partial charge in [0.2, 0.25) is 0 Å². The zero-order valence-corrected chi connectivity index (χ0v) is 15.8. The van der Waals surface area contributed by atoms with Crippen LogP contribution in [0.25, 0.3) is 0 Å². The van der Waals surface area contributed by atoms with E-state index in [1.54, 1.807) is 12.1 Å². The Morgan fingerprint density at radius 1 is 1.33 bits per heavy atom. The first-order valence-corrected chi connectivity index (χ1v) is 8.71. The van der Waals surface area contributed by atoms with Crippen molar-refractivity contribution in [2.24, 2.45) is 4.99 Å². The minimum Gasteiger partial charge on any atom is -0.0348 e. The van der Waals surface area contributed by atoms with Crippen LogP contribution >= 0.6 is 0 Å². The van der Waals surface area contributed by atoms with Crippen LogP contribution in [0.5, 0.6) is 0 Å². The van der Waals surface area contributed by atoms with Crippen LogP contribution in [0.15, 0.2) is 23.2 Å². The van der Waals surface area contributed by atoms with Gasteiger partial charge in [-0.05, 0) is 27.7 Å². The van der Waals surface area contributed by atoms with Crippen LogP contribution < -0.4 is 10.4 Å². The molecule has 2 heterocycles. The molecule has 3 rings (SSSR count). The molecule has 0 unspecified atom stereocenters. The molecule has 142 valence electrons. The van der Waals surface area contributed by atoms with Gasteiger partial charge in [0.1, 0.15) is 0 Å². The molecular formula is C17H21B2FN2O5. The van der Waals surface area contributed by atoms with Gasteiger partial charge < -0.3 is 0 Å². The SMILES string of the molecule is CC1(C)OB(c2ccc(N3C[C@H](CN=CB=O)OC3=O)cc2F)OC1(C)C. The molecule has 0 N–H and O–H groups in total. The molecule has 0 spiro atoms. The van der Waals surface area contributed by atoms with Crippen molar-refractivity contribution in [3.63, 3.8) is 0 Å². The first-order chi connectivity index (χ1) is 12.6. The fourth-order valence-corrected chi connectivity index (χ4v) is 2.89. The number of anilines is 1. The quantitative estimate of drug-likeness (QED) is 0.577. The van der Waals surface area contributed by atoms with Gasteiger partial charge in [0, 0.05) is 0 Å². The molecule has 0 saturated carbocycles. The van der Waals surface area contributed by atoms with E-state index in [1.165, 1.54) is 11.0 Å². The van der Waals surface area contributed by atoms with Crippen molar-refractivity contribution in [3.05, 3.63) is 24.0 Å². The molecule has 0 radical (unpaired) electrons. The number of amides is 1. The van der Waals surface area contributed by atoms with Gasteiger partial charge in [0.05, 0.1) is 11.2 Å². The van der Waals surface area contributed by atoms with Gasteiger partial charge >= 0.3 is 119 Å². The minimum atomic E-state index is -0.819. The molecule has 1 aromatic carbocycles. The van der Waals surface area contributed by atoms with Gasteiger partial charge in [0.25, 0.3) is 0 Å². The van der Waals surface area contributed by atoms with Crippen molar-refractivity contribution in [2.75, 3.05) is 18.0 Å². The first kappa shape index (κ1) is 19.7. The number of cyclic esters (lactones) is 1. The van der Waals surface area contributed by atoms with Gasteiger partial charge in [-0.15, -0.1) is 0 Å². The summed E-state index contributed by atoms with van der Waals surface area (Å²) in [7, 11) is -0.265. The van der Waals surface area contributed by atoms with Gasteiger partial charge in [-0.25, -0.2) is 0 Å². The summed E-state index contributed by atoms with van der Waals surface area (Å²) in [5.74, 6) is -0.527. The second kappa shape index (κ2) is 7.16. The molecular weight excluding hydrogens is 353 g/mol. The third-order valence-electron chi connectivity index (χ3n) is 5.15. The number of rotatable bonds is 5. The molecule has 2 aliphatic rings. The zero-order chi connectivity index (χ0) is 19.8. The van der Waals surface area contributed by atoms with E-state index in [0.717, 1.165) is 6.11 Å². The summed E-state index contributed by atoms with van der Waals surface area (Å²) in [5.41, 5.74) is -0.495. The van der Waals surface area contributed by atoms with Crippen LogP contribution in [0.3, 0.4) is 0 Å². The summed E-state index contributed by atoms with van der Waals surface area (Å²) >= 11 is 0. The number of ether oxygens (including phenoxy) is 1. The number of halogens is 1. The summed E-state index contributed by atoms with van der Waals surface area (Å²) in [6.45, 7) is 7.98. The molecule has 2 aliphatic heterocycles. The van der Waals surface area contributed by atoms with Gasteiger partial charge in [-0.1, -0.05) is 0 Å². The minimum absolute atomic E-state index is 0.176. The number of nitrogens with zero attached hydrogens (tertiary/aromatic N) is 2. The van der Waals surface area contributed by atoms with Gasteiger partial charge in [-0.2, -0.15) is 0 Å². The van der Waals surface area contributed by atoms with E-state index in [1.807, 2.05) is 27.7 Å². The van der Waals surface area contributed by atoms with Crippen molar-refractivity contribution >= 4 is 37.6 Å². The normalized spacial score (nSPS) is 23.7. The number of carbonyl (C=O) groups excluding carboxylic acids is 1. The van der Waals surface area contributed by atoms with Crippen LogP contribution in [0.4, 0.5) is 14.9 Å². The monoisotopic (exact) mass is 374 g/mol. The van der Waals surface area contributed by atoms with Crippen LogP contribution in [0, 0.1) is 5.82 Å². The molecule has 1 amide bonds. The molecule has 2 fully saturated rings. The predicted octanol–water partition coefficient (Wildman–Crippen LogP) is 1.53. The molecule has 1 aromatic rings. The van der Waals surface area contributed by atoms with Crippen LogP contribution in [0.1, 0.15) is 27.7 Å². The Bertz CT molecular complexity index is 771. The van der Waals surface area contributed by atoms with E-state index in [9.17, 15) is 13.9 Å². The van der Waals surface area contributed by atoms with E-state index in [0.29, 0.717) is 12.8 Å². The zero-order valence-electron chi connectivity index (χ0n) is 15.8. The molecule has 2 saturated heterocycles. The smallest absolute Gasteiger partial charge is 0.0348 e. The van der Waals surface area contributed by atoms with E-state index in [2.05, 4.69) is 4.99 Å². The fraction of sp³-hybridized carbons (Fsp3) is 0.529. The summed E-state index contributed by atoms with van der Waals surface area (Å²) in [6.07, 6.45) is 0.0406. The average Bonchev–Trinajstić information content (AvgIpc) is 3.04. The van der Waals surface area contributed by atoms with E-state index >= 15 is 0 Å². The number of hydrogen-bond donors (Lipinski definition) is 0. The topological polar surface area (TPSA) is 77.4 Å². The van der Waals surface area contributed by atoms with Crippen molar-refractivity contribution < 1.29 is 27.9 Å². The molecule has 7 nitrogen and oxygen atoms in total. The Morgan fingerprint density at radius 3 is 2.59 bits per heavy atom. The van der Waals surface area contributed by atoms with E-state index in [-0.39, 0.29) is 18.6 Å². The number of hydrogen-bond acceptors (Lipinski definition) is 6. The summed E-state index contributed by atoms with van der Waals surface area (Å²) < 4.78 is 41.9. The number of benzene rings is 1. The Kier molecular flexibility index (Phi) is 5.22. The Balaban J connectivity index is 1.75. The maximum atomic E-state index is 14.7. The van der Waals surface area contributed by atoms with Crippen LogP contribution in [-0.4, -0.2) is 56.9 Å². The molecule has 27 heavy (non-hydrogen) atoms. The Labute approximate surface area is 158 Å². The predicted molar refractivity (Wildman–Crippen MR) is 99.5 cm³/mol. The van der Waals surface area contributed by atoms with E-state index in [4.69, 9.17) is 14.0 Å². The van der Waals surface area contributed by atoms with Gasteiger partial charge in [0.15, 0.2) is 0 Å². The van der Waals surface area contributed by atoms with Gasteiger partial charge in [-0.3, -0.25) is 0 Å². The van der Waals surface area contributed by atoms with E-state index < -0.39 is 36.3 Å². The molecule has 0 aliphatic carbocycles. The number of carbonyl (C=O) groups is 1. The fourth-order valence-electron chi connectivity index (χ4n) is 2.89.